The summed E-state index contributed by atoms with van der Waals surface area (Å²) in [5.41, 5.74) is 2.52. The third kappa shape index (κ3) is 3.39. The van der Waals surface area contributed by atoms with Gasteiger partial charge in [0.05, 0.1) is 5.69 Å². The molecule has 1 aromatic carbocycles. The maximum Gasteiger partial charge on any atom is 0.281 e. The summed E-state index contributed by atoms with van der Waals surface area (Å²) in [5.74, 6) is 0.327. The molecule has 0 bridgehead atoms. The van der Waals surface area contributed by atoms with E-state index in [1.807, 2.05) is 41.8 Å². The van der Waals surface area contributed by atoms with Crippen molar-refractivity contribution in [1.29, 1.82) is 0 Å². The molecule has 0 radical (unpaired) electrons. The first kappa shape index (κ1) is 16.4. The fraction of sp³-hybridized carbons (Fsp3) is 0.176. The highest BCUT2D eigenvalue weighted by molar-refractivity contribution is 9.10. The average molecular weight is 407 g/mol. The van der Waals surface area contributed by atoms with E-state index in [1.165, 1.54) is 10.5 Å². The number of hydrogen-bond acceptors (Lipinski definition) is 3. The first-order valence-electron chi connectivity index (χ1n) is 7.17. The van der Waals surface area contributed by atoms with Crippen LogP contribution in [0.15, 0.2) is 45.9 Å². The molecule has 0 saturated carbocycles. The summed E-state index contributed by atoms with van der Waals surface area (Å²) >= 11 is 10.3. The van der Waals surface area contributed by atoms with Crippen molar-refractivity contribution < 1.29 is 4.79 Å². The Hall–Kier alpha value is -1.50. The van der Waals surface area contributed by atoms with Gasteiger partial charge in [-0.15, -0.1) is 11.3 Å². The third-order valence-electron chi connectivity index (χ3n) is 3.57. The molecule has 2 heterocycles. The number of anilines is 1. The molecule has 3 nitrogen and oxygen atoms in total. The number of amides is 1. The van der Waals surface area contributed by atoms with E-state index in [1.54, 1.807) is 11.3 Å². The molecule has 1 amide bonds. The van der Waals surface area contributed by atoms with Crippen molar-refractivity contribution in [3.05, 3.63) is 56.3 Å². The lowest BCUT2D eigenvalue weighted by Gasteiger charge is -2.15. The summed E-state index contributed by atoms with van der Waals surface area (Å²) in [6, 6.07) is 9.91. The largest absolute Gasteiger partial charge is 0.327 e. The molecular formula is C17H15BrN2OS2. The molecular weight excluding hydrogens is 392 g/mol. The summed E-state index contributed by atoms with van der Waals surface area (Å²) in [4.78, 5) is 15.2. The van der Waals surface area contributed by atoms with Crippen molar-refractivity contribution in [1.82, 2.24) is 5.32 Å². The molecule has 6 heteroatoms. The van der Waals surface area contributed by atoms with Gasteiger partial charge in [-0.25, -0.2) is 0 Å². The van der Waals surface area contributed by atoms with E-state index in [9.17, 15) is 4.79 Å². The standard InChI is InChI=1S/C17H15BrN2OS2/c1-10(2)11-3-5-13(6-4-11)20-16(21)15(19-17(20)22)8-14-7-12(18)9-23-14/h3-10H,1-2H3,(H,19,22)/b15-8+. The molecule has 1 fully saturated rings. The van der Waals surface area contributed by atoms with Gasteiger partial charge < -0.3 is 5.32 Å². The van der Waals surface area contributed by atoms with Gasteiger partial charge in [-0.3, -0.25) is 9.69 Å². The van der Waals surface area contributed by atoms with E-state index in [2.05, 4.69) is 35.1 Å². The van der Waals surface area contributed by atoms with Gasteiger partial charge in [-0.05, 0) is 63.9 Å². The number of carbonyl (C=O) groups excluding carboxylic acids is 1. The van der Waals surface area contributed by atoms with Crippen LogP contribution in [-0.4, -0.2) is 11.0 Å². The van der Waals surface area contributed by atoms with Gasteiger partial charge in [-0.2, -0.15) is 0 Å². The van der Waals surface area contributed by atoms with Gasteiger partial charge in [0, 0.05) is 14.7 Å². The monoisotopic (exact) mass is 406 g/mol. The lowest BCUT2D eigenvalue weighted by Crippen LogP contribution is -2.30. The molecule has 0 unspecified atom stereocenters. The molecule has 1 N–H and O–H groups in total. The SMILES string of the molecule is CC(C)c1ccc(N2C(=O)/C(=C\c3cc(Br)cs3)NC2=S)cc1. The van der Waals surface area contributed by atoms with E-state index >= 15 is 0 Å². The van der Waals surface area contributed by atoms with Crippen LogP contribution in [0.2, 0.25) is 0 Å². The lowest BCUT2D eigenvalue weighted by atomic mass is 10.0. The first-order valence-corrected chi connectivity index (χ1v) is 9.25. The van der Waals surface area contributed by atoms with Crippen molar-refractivity contribution in [2.45, 2.75) is 19.8 Å². The van der Waals surface area contributed by atoms with Crippen LogP contribution in [0.4, 0.5) is 5.69 Å². The van der Waals surface area contributed by atoms with Gasteiger partial charge in [0.1, 0.15) is 5.70 Å². The zero-order valence-electron chi connectivity index (χ0n) is 12.7. The van der Waals surface area contributed by atoms with Crippen molar-refractivity contribution in [2.75, 3.05) is 4.90 Å². The Labute approximate surface area is 153 Å². The van der Waals surface area contributed by atoms with Gasteiger partial charge >= 0.3 is 0 Å². The molecule has 1 saturated heterocycles. The second kappa shape index (κ2) is 6.55. The lowest BCUT2D eigenvalue weighted by molar-refractivity contribution is -0.113. The zero-order chi connectivity index (χ0) is 16.6. The highest BCUT2D eigenvalue weighted by atomic mass is 79.9. The maximum absolute atomic E-state index is 12.6. The number of carbonyl (C=O) groups is 1. The number of thiocarbonyl (C=S) groups is 1. The Morgan fingerprint density at radius 2 is 2.00 bits per heavy atom. The Morgan fingerprint density at radius 3 is 2.57 bits per heavy atom. The number of rotatable bonds is 3. The Balaban J connectivity index is 1.88. The topological polar surface area (TPSA) is 32.3 Å². The molecule has 118 valence electrons. The molecule has 2 aromatic rings. The average Bonchev–Trinajstić information content (AvgIpc) is 3.03. The number of thiophene rings is 1. The zero-order valence-corrected chi connectivity index (χ0v) is 15.9. The van der Waals surface area contributed by atoms with Gasteiger partial charge in [0.2, 0.25) is 0 Å². The van der Waals surface area contributed by atoms with Crippen LogP contribution < -0.4 is 10.2 Å². The first-order chi connectivity index (χ1) is 11.0. The smallest absolute Gasteiger partial charge is 0.281 e. The molecule has 1 aliphatic heterocycles. The quantitative estimate of drug-likeness (QED) is 0.581. The highest BCUT2D eigenvalue weighted by Gasteiger charge is 2.32. The predicted octanol–water partition coefficient (Wildman–Crippen LogP) is 4.90. The second-order valence-electron chi connectivity index (χ2n) is 5.54. The number of benzene rings is 1. The van der Waals surface area contributed by atoms with E-state index in [4.69, 9.17) is 12.2 Å². The van der Waals surface area contributed by atoms with Crippen molar-refractivity contribution >= 4 is 62.3 Å². The number of nitrogens with zero attached hydrogens (tertiary/aromatic N) is 1. The van der Waals surface area contributed by atoms with Crippen LogP contribution in [-0.2, 0) is 4.79 Å². The van der Waals surface area contributed by atoms with Crippen LogP contribution in [0.25, 0.3) is 6.08 Å². The Morgan fingerprint density at radius 1 is 1.30 bits per heavy atom. The van der Waals surface area contributed by atoms with Crippen LogP contribution in [0, 0.1) is 0 Å². The molecule has 0 spiro atoms. The third-order valence-corrected chi connectivity index (χ3v) is 5.50. The fourth-order valence-corrected chi connectivity index (χ4v) is 4.00. The molecule has 1 aliphatic rings. The van der Waals surface area contributed by atoms with Gasteiger partial charge in [0.25, 0.3) is 5.91 Å². The van der Waals surface area contributed by atoms with Crippen molar-refractivity contribution in [3.63, 3.8) is 0 Å². The normalized spacial score (nSPS) is 16.5. The summed E-state index contributed by atoms with van der Waals surface area (Å²) in [6.45, 7) is 4.28. The molecule has 0 atom stereocenters. The van der Waals surface area contributed by atoms with Crippen LogP contribution in [0.1, 0.15) is 30.2 Å². The minimum Gasteiger partial charge on any atom is -0.327 e. The number of halogens is 1. The molecule has 3 rings (SSSR count). The second-order valence-corrected chi connectivity index (χ2v) is 7.79. The molecule has 0 aliphatic carbocycles. The fourth-order valence-electron chi connectivity index (χ4n) is 2.32. The minimum absolute atomic E-state index is 0.128. The van der Waals surface area contributed by atoms with E-state index < -0.39 is 0 Å². The van der Waals surface area contributed by atoms with E-state index in [0.717, 1.165) is 15.0 Å². The summed E-state index contributed by atoms with van der Waals surface area (Å²) in [6.07, 6.45) is 1.83. The molecule has 1 aromatic heterocycles. The molecule has 23 heavy (non-hydrogen) atoms. The predicted molar refractivity (Wildman–Crippen MR) is 104 cm³/mol. The minimum atomic E-state index is -0.128. The van der Waals surface area contributed by atoms with Crippen LogP contribution in [0.3, 0.4) is 0 Å². The van der Waals surface area contributed by atoms with E-state index in [-0.39, 0.29) is 5.91 Å². The summed E-state index contributed by atoms with van der Waals surface area (Å²) < 4.78 is 1.00. The van der Waals surface area contributed by atoms with Crippen LogP contribution >= 0.6 is 39.5 Å². The van der Waals surface area contributed by atoms with E-state index in [0.29, 0.717) is 16.7 Å². The van der Waals surface area contributed by atoms with Crippen molar-refractivity contribution in [2.24, 2.45) is 0 Å². The Kier molecular flexibility index (Phi) is 4.66. The van der Waals surface area contributed by atoms with Gasteiger partial charge in [0.15, 0.2) is 5.11 Å². The van der Waals surface area contributed by atoms with Crippen molar-refractivity contribution in [3.8, 4) is 0 Å². The highest BCUT2D eigenvalue weighted by Crippen LogP contribution is 2.27. The summed E-state index contributed by atoms with van der Waals surface area (Å²) in [5, 5.41) is 5.40. The summed E-state index contributed by atoms with van der Waals surface area (Å²) in [7, 11) is 0. The van der Waals surface area contributed by atoms with Crippen LogP contribution in [0.5, 0.6) is 0 Å². The maximum atomic E-state index is 12.6. The Bertz CT molecular complexity index is 793. The number of nitrogens with one attached hydrogen (secondary N) is 1. The van der Waals surface area contributed by atoms with Gasteiger partial charge in [-0.1, -0.05) is 26.0 Å². The number of hydrogen-bond donors (Lipinski definition) is 1.